The molecule has 0 bridgehead atoms. The molecule has 1 rings (SSSR count). The van der Waals surface area contributed by atoms with E-state index in [4.69, 9.17) is 4.74 Å². The summed E-state index contributed by atoms with van der Waals surface area (Å²) in [5, 5.41) is 0. The first-order valence-corrected chi connectivity index (χ1v) is 6.49. The fourth-order valence-electron chi connectivity index (χ4n) is 2.39. The summed E-state index contributed by atoms with van der Waals surface area (Å²) in [5.41, 5.74) is 0. The minimum Gasteiger partial charge on any atom is -0.466 e. The zero-order chi connectivity index (χ0) is 12.7. The predicted molar refractivity (Wildman–Crippen MR) is 66.5 cm³/mol. The number of ether oxygens (including phenoxy) is 1. The van der Waals surface area contributed by atoms with Gasteiger partial charge in [-0.3, -0.25) is 9.59 Å². The number of esters is 1. The third-order valence-electron chi connectivity index (χ3n) is 3.28. The van der Waals surface area contributed by atoms with E-state index in [1.807, 2.05) is 19.1 Å². The lowest BCUT2D eigenvalue weighted by Gasteiger charge is -2.26. The molecule has 17 heavy (non-hydrogen) atoms. The second-order valence-corrected chi connectivity index (χ2v) is 4.54. The van der Waals surface area contributed by atoms with E-state index in [1.165, 1.54) is 0 Å². The zero-order valence-electron chi connectivity index (χ0n) is 10.8. The van der Waals surface area contributed by atoms with Gasteiger partial charge in [0.15, 0.2) is 0 Å². The summed E-state index contributed by atoms with van der Waals surface area (Å²) in [6, 6.07) is 0. The number of Topliss-reactive ketones (excluding diaryl/α,β-unsaturated/α-hetero) is 1. The maximum absolute atomic E-state index is 12.1. The molecule has 1 aliphatic carbocycles. The van der Waals surface area contributed by atoms with Crippen LogP contribution in [0.15, 0.2) is 12.2 Å². The first kappa shape index (κ1) is 13.9. The first-order chi connectivity index (χ1) is 8.19. The Morgan fingerprint density at radius 1 is 1.41 bits per heavy atom. The van der Waals surface area contributed by atoms with Gasteiger partial charge in [-0.1, -0.05) is 18.6 Å². The lowest BCUT2D eigenvalue weighted by atomic mass is 9.77. The number of carbonyl (C=O) groups excluding carboxylic acids is 2. The number of hydrogen-bond acceptors (Lipinski definition) is 3. The molecule has 0 saturated heterocycles. The largest absolute Gasteiger partial charge is 0.466 e. The lowest BCUT2D eigenvalue weighted by Crippen LogP contribution is -2.30. The molecule has 3 heteroatoms. The second-order valence-electron chi connectivity index (χ2n) is 4.54. The molecule has 0 amide bonds. The first-order valence-electron chi connectivity index (χ1n) is 6.49. The number of allylic oxidation sites excluding steroid dienone is 2. The van der Waals surface area contributed by atoms with Crippen LogP contribution in [0.4, 0.5) is 0 Å². The monoisotopic (exact) mass is 238 g/mol. The average Bonchev–Trinajstić information content (AvgIpc) is 2.30. The molecular formula is C14H22O3. The molecule has 0 aliphatic heterocycles. The number of carbonyl (C=O) groups is 2. The zero-order valence-corrected chi connectivity index (χ0v) is 10.8. The van der Waals surface area contributed by atoms with Crippen LogP contribution in [0.25, 0.3) is 0 Å². The molecule has 0 aromatic heterocycles. The Bertz CT molecular complexity index is 294. The van der Waals surface area contributed by atoms with Crippen molar-refractivity contribution in [1.29, 1.82) is 0 Å². The highest BCUT2D eigenvalue weighted by Gasteiger charge is 2.31. The van der Waals surface area contributed by atoms with Gasteiger partial charge in [-0.2, -0.15) is 0 Å². The van der Waals surface area contributed by atoms with Crippen LogP contribution < -0.4 is 0 Å². The molecular weight excluding hydrogens is 216 g/mol. The summed E-state index contributed by atoms with van der Waals surface area (Å²) in [6.07, 6.45) is 7.93. The average molecular weight is 238 g/mol. The van der Waals surface area contributed by atoms with E-state index in [-0.39, 0.29) is 30.0 Å². The summed E-state index contributed by atoms with van der Waals surface area (Å²) in [4.78, 5) is 23.5. The van der Waals surface area contributed by atoms with Crippen LogP contribution in [-0.4, -0.2) is 18.4 Å². The third-order valence-corrected chi connectivity index (χ3v) is 3.28. The van der Waals surface area contributed by atoms with Gasteiger partial charge in [0.1, 0.15) is 5.78 Å². The number of ketones is 1. The van der Waals surface area contributed by atoms with Gasteiger partial charge in [0.05, 0.1) is 13.0 Å². The van der Waals surface area contributed by atoms with Crippen molar-refractivity contribution in [2.24, 2.45) is 11.8 Å². The lowest BCUT2D eigenvalue weighted by molar-refractivity contribution is -0.147. The van der Waals surface area contributed by atoms with Crippen LogP contribution in [-0.2, 0) is 14.3 Å². The van der Waals surface area contributed by atoms with Gasteiger partial charge in [0, 0.05) is 11.8 Å². The molecule has 3 nitrogen and oxygen atoms in total. The van der Waals surface area contributed by atoms with Crippen LogP contribution in [0, 0.1) is 11.8 Å². The standard InChI is InChI=1S/C14H22O3/c1-3-5-7-11-8-6-9-12(14(11)16)10-13(15)17-4-2/h3,5,11-12H,4,6-10H2,1-2H3/b5-3+. The van der Waals surface area contributed by atoms with E-state index < -0.39 is 0 Å². The maximum atomic E-state index is 12.1. The highest BCUT2D eigenvalue weighted by molar-refractivity contribution is 5.87. The Hall–Kier alpha value is -1.12. The van der Waals surface area contributed by atoms with E-state index in [0.29, 0.717) is 6.61 Å². The Morgan fingerprint density at radius 3 is 2.76 bits per heavy atom. The van der Waals surface area contributed by atoms with Crippen LogP contribution in [0.2, 0.25) is 0 Å². The van der Waals surface area contributed by atoms with Gasteiger partial charge in [0.25, 0.3) is 0 Å². The van der Waals surface area contributed by atoms with Gasteiger partial charge < -0.3 is 4.74 Å². The smallest absolute Gasteiger partial charge is 0.306 e. The summed E-state index contributed by atoms with van der Waals surface area (Å²) in [6.45, 7) is 4.14. The molecule has 2 atom stereocenters. The van der Waals surface area contributed by atoms with Crippen molar-refractivity contribution in [1.82, 2.24) is 0 Å². The van der Waals surface area contributed by atoms with Crippen LogP contribution in [0.1, 0.15) is 46.0 Å². The van der Waals surface area contributed by atoms with Gasteiger partial charge >= 0.3 is 5.97 Å². The van der Waals surface area contributed by atoms with Crippen LogP contribution in [0.3, 0.4) is 0 Å². The van der Waals surface area contributed by atoms with Crippen molar-refractivity contribution < 1.29 is 14.3 Å². The van der Waals surface area contributed by atoms with Gasteiger partial charge in [-0.15, -0.1) is 0 Å². The molecule has 2 unspecified atom stereocenters. The van der Waals surface area contributed by atoms with Crippen molar-refractivity contribution in [3.63, 3.8) is 0 Å². The normalized spacial score (nSPS) is 25.2. The molecule has 0 spiro atoms. The molecule has 0 heterocycles. The molecule has 1 saturated carbocycles. The highest BCUT2D eigenvalue weighted by Crippen LogP contribution is 2.30. The SMILES string of the molecule is C/C=C/CC1CCCC(CC(=O)OCC)C1=O. The molecule has 0 aromatic carbocycles. The molecule has 0 aromatic rings. The Labute approximate surface area is 103 Å². The van der Waals surface area contributed by atoms with E-state index >= 15 is 0 Å². The van der Waals surface area contributed by atoms with Crippen molar-refractivity contribution >= 4 is 11.8 Å². The fraction of sp³-hybridized carbons (Fsp3) is 0.714. The molecule has 0 N–H and O–H groups in total. The van der Waals surface area contributed by atoms with E-state index in [2.05, 4.69) is 0 Å². The van der Waals surface area contributed by atoms with Gasteiger partial charge in [-0.25, -0.2) is 0 Å². The minimum atomic E-state index is -0.238. The topological polar surface area (TPSA) is 43.4 Å². The van der Waals surface area contributed by atoms with Crippen molar-refractivity contribution in [2.75, 3.05) is 6.61 Å². The van der Waals surface area contributed by atoms with Gasteiger partial charge in [-0.05, 0) is 33.1 Å². The summed E-state index contributed by atoms with van der Waals surface area (Å²) >= 11 is 0. The van der Waals surface area contributed by atoms with E-state index in [0.717, 1.165) is 25.7 Å². The number of rotatable bonds is 5. The Balaban J connectivity index is 2.49. The molecule has 0 radical (unpaired) electrons. The van der Waals surface area contributed by atoms with Gasteiger partial charge in [0.2, 0.25) is 0 Å². The van der Waals surface area contributed by atoms with E-state index in [1.54, 1.807) is 6.92 Å². The highest BCUT2D eigenvalue weighted by atomic mass is 16.5. The Morgan fingerprint density at radius 2 is 2.12 bits per heavy atom. The van der Waals surface area contributed by atoms with Crippen molar-refractivity contribution in [3.8, 4) is 0 Å². The van der Waals surface area contributed by atoms with Crippen LogP contribution in [0.5, 0.6) is 0 Å². The van der Waals surface area contributed by atoms with Crippen LogP contribution >= 0.6 is 0 Å². The minimum absolute atomic E-state index is 0.111. The fourth-order valence-corrected chi connectivity index (χ4v) is 2.39. The summed E-state index contributed by atoms with van der Waals surface area (Å²) < 4.78 is 4.90. The number of hydrogen-bond donors (Lipinski definition) is 0. The molecule has 96 valence electrons. The van der Waals surface area contributed by atoms with E-state index in [9.17, 15) is 9.59 Å². The van der Waals surface area contributed by atoms with Crippen molar-refractivity contribution in [3.05, 3.63) is 12.2 Å². The third kappa shape index (κ3) is 4.33. The quantitative estimate of drug-likeness (QED) is 0.546. The summed E-state index contributed by atoms with van der Waals surface area (Å²) in [7, 11) is 0. The summed E-state index contributed by atoms with van der Waals surface area (Å²) in [5.74, 6) is 0.0115. The van der Waals surface area contributed by atoms with Crippen molar-refractivity contribution in [2.45, 2.75) is 46.0 Å². The molecule has 1 fully saturated rings. The second kappa shape index (κ2) is 7.25. The predicted octanol–water partition coefficient (Wildman–Crippen LogP) is 2.89. The molecule has 1 aliphatic rings. The maximum Gasteiger partial charge on any atom is 0.306 e. The Kier molecular flexibility index (Phi) is 5.95.